The highest BCUT2D eigenvalue weighted by molar-refractivity contribution is 6.12. The molecular weight excluding hydrogens is 408 g/mol. The third-order valence-electron chi connectivity index (χ3n) is 5.33. The van der Waals surface area contributed by atoms with E-state index in [4.69, 9.17) is 0 Å². The van der Waals surface area contributed by atoms with Crippen LogP contribution in [0.2, 0.25) is 0 Å². The van der Waals surface area contributed by atoms with Crippen molar-refractivity contribution in [3.63, 3.8) is 0 Å². The summed E-state index contributed by atoms with van der Waals surface area (Å²) in [7, 11) is 0. The van der Waals surface area contributed by atoms with Crippen LogP contribution in [0.3, 0.4) is 0 Å². The molecule has 4 rings (SSSR count). The molecule has 162 valence electrons. The van der Waals surface area contributed by atoms with Crippen molar-refractivity contribution in [2.24, 2.45) is 0 Å². The molecule has 0 bridgehead atoms. The predicted molar refractivity (Wildman–Crippen MR) is 120 cm³/mol. The van der Waals surface area contributed by atoms with E-state index in [0.29, 0.717) is 46.2 Å². The van der Waals surface area contributed by atoms with Gasteiger partial charge in [-0.3, -0.25) is 19.1 Å². The van der Waals surface area contributed by atoms with Gasteiger partial charge in [0.05, 0.1) is 11.3 Å². The number of rotatable bonds is 7. The number of aromatic amines is 1. The zero-order valence-electron chi connectivity index (χ0n) is 17.7. The molecule has 0 saturated carbocycles. The Morgan fingerprint density at radius 1 is 1.09 bits per heavy atom. The maximum Gasteiger partial charge on any atom is 0.273 e. The first kappa shape index (κ1) is 21.0. The summed E-state index contributed by atoms with van der Waals surface area (Å²) in [6.45, 7) is 4.50. The second-order valence-corrected chi connectivity index (χ2v) is 7.32. The van der Waals surface area contributed by atoms with Gasteiger partial charge in [-0.1, -0.05) is 19.1 Å². The van der Waals surface area contributed by atoms with Crippen molar-refractivity contribution in [2.45, 2.75) is 26.8 Å². The van der Waals surface area contributed by atoms with Gasteiger partial charge in [0.1, 0.15) is 5.69 Å². The van der Waals surface area contributed by atoms with Gasteiger partial charge < -0.3 is 15.4 Å². The van der Waals surface area contributed by atoms with Crippen LogP contribution < -0.4 is 5.32 Å². The molecule has 0 aliphatic rings. The minimum atomic E-state index is -0.263. The van der Waals surface area contributed by atoms with E-state index in [-0.39, 0.29) is 23.1 Å². The molecule has 4 aromatic rings. The first-order valence-corrected chi connectivity index (χ1v) is 10.3. The molecule has 32 heavy (non-hydrogen) atoms. The highest BCUT2D eigenvalue weighted by atomic mass is 16.3. The SMILES string of the molecule is CCc1cc(C(=O)Nc2ccc(C(=O)c3ccc4c(C=O)c(O)[nH]c4c3)cc2)n(CC)n1. The number of H-pyrrole nitrogens is 1. The number of aromatic hydroxyl groups is 1. The highest BCUT2D eigenvalue weighted by Gasteiger charge is 2.16. The number of nitrogens with one attached hydrogen (secondary N) is 2. The number of carbonyl (C=O) groups is 3. The summed E-state index contributed by atoms with van der Waals surface area (Å²) < 4.78 is 1.66. The van der Waals surface area contributed by atoms with Crippen molar-refractivity contribution >= 4 is 34.6 Å². The first-order chi connectivity index (χ1) is 15.4. The molecule has 0 spiro atoms. The number of aryl methyl sites for hydroxylation is 2. The van der Waals surface area contributed by atoms with Crippen LogP contribution >= 0.6 is 0 Å². The molecule has 0 fully saturated rings. The molecule has 0 aliphatic heterocycles. The number of hydrogen-bond donors (Lipinski definition) is 3. The Bertz CT molecular complexity index is 1330. The topological polar surface area (TPSA) is 117 Å². The quantitative estimate of drug-likeness (QED) is 0.303. The predicted octanol–water partition coefficient (Wildman–Crippen LogP) is 3.95. The number of amides is 1. The van der Waals surface area contributed by atoms with Crippen molar-refractivity contribution in [1.82, 2.24) is 14.8 Å². The fourth-order valence-corrected chi connectivity index (χ4v) is 3.60. The van der Waals surface area contributed by atoms with Crippen LogP contribution in [0.15, 0.2) is 48.5 Å². The molecule has 0 atom stereocenters. The van der Waals surface area contributed by atoms with Gasteiger partial charge in [-0.15, -0.1) is 0 Å². The van der Waals surface area contributed by atoms with Crippen molar-refractivity contribution in [1.29, 1.82) is 0 Å². The number of nitrogens with zero attached hydrogens (tertiary/aromatic N) is 2. The van der Waals surface area contributed by atoms with Crippen molar-refractivity contribution < 1.29 is 19.5 Å². The summed E-state index contributed by atoms with van der Waals surface area (Å²) in [5.41, 5.74) is 3.42. The minimum Gasteiger partial charge on any atom is -0.494 e. The molecule has 3 N–H and O–H groups in total. The number of ketones is 1. The average molecular weight is 430 g/mol. The van der Waals surface area contributed by atoms with Crippen LogP contribution in [0.5, 0.6) is 5.88 Å². The van der Waals surface area contributed by atoms with Crippen molar-refractivity contribution in [3.05, 3.63) is 76.6 Å². The largest absolute Gasteiger partial charge is 0.494 e. The monoisotopic (exact) mass is 430 g/mol. The lowest BCUT2D eigenvalue weighted by molar-refractivity contribution is 0.101. The number of fused-ring (bicyclic) bond motifs is 1. The van der Waals surface area contributed by atoms with Gasteiger partial charge in [0.15, 0.2) is 17.9 Å². The number of hydrogen-bond acceptors (Lipinski definition) is 5. The van der Waals surface area contributed by atoms with E-state index in [2.05, 4.69) is 15.4 Å². The van der Waals surface area contributed by atoms with Gasteiger partial charge >= 0.3 is 0 Å². The molecule has 8 nitrogen and oxygen atoms in total. The molecule has 8 heteroatoms. The summed E-state index contributed by atoms with van der Waals surface area (Å²) >= 11 is 0. The lowest BCUT2D eigenvalue weighted by Gasteiger charge is -2.08. The summed E-state index contributed by atoms with van der Waals surface area (Å²) in [5, 5.41) is 17.6. The molecule has 2 aromatic heterocycles. The minimum absolute atomic E-state index is 0.162. The maximum absolute atomic E-state index is 12.9. The van der Waals surface area contributed by atoms with Gasteiger partial charge in [0.2, 0.25) is 0 Å². The van der Waals surface area contributed by atoms with Gasteiger partial charge in [0, 0.05) is 34.3 Å². The van der Waals surface area contributed by atoms with Gasteiger partial charge in [0.25, 0.3) is 5.91 Å². The lowest BCUT2D eigenvalue weighted by Crippen LogP contribution is -2.17. The molecule has 0 saturated heterocycles. The van der Waals surface area contributed by atoms with E-state index in [0.717, 1.165) is 12.1 Å². The molecule has 2 aromatic carbocycles. The Hall–Kier alpha value is -4.20. The Kier molecular flexibility index (Phi) is 5.59. The third kappa shape index (κ3) is 3.78. The second kappa shape index (κ2) is 8.50. The van der Waals surface area contributed by atoms with Gasteiger partial charge in [-0.25, -0.2) is 0 Å². The Morgan fingerprint density at radius 2 is 1.81 bits per heavy atom. The van der Waals surface area contributed by atoms with Crippen LogP contribution in [0, 0.1) is 0 Å². The van der Waals surface area contributed by atoms with E-state index in [9.17, 15) is 19.5 Å². The molecule has 0 radical (unpaired) electrons. The second-order valence-electron chi connectivity index (χ2n) is 7.32. The molecule has 1 amide bonds. The average Bonchev–Trinajstić information content (AvgIpc) is 3.38. The lowest BCUT2D eigenvalue weighted by atomic mass is 10.0. The number of benzene rings is 2. The van der Waals surface area contributed by atoms with Gasteiger partial charge in [-0.2, -0.15) is 5.10 Å². The van der Waals surface area contributed by atoms with Gasteiger partial charge in [-0.05, 0) is 49.7 Å². The Morgan fingerprint density at radius 3 is 2.47 bits per heavy atom. The van der Waals surface area contributed by atoms with E-state index >= 15 is 0 Å². The summed E-state index contributed by atoms with van der Waals surface area (Å²) in [6, 6.07) is 13.2. The van der Waals surface area contributed by atoms with Crippen molar-refractivity contribution in [3.8, 4) is 5.88 Å². The van der Waals surface area contributed by atoms with Crippen LogP contribution in [0.25, 0.3) is 10.9 Å². The Balaban J connectivity index is 1.53. The van der Waals surface area contributed by atoms with E-state index in [1.165, 1.54) is 0 Å². The molecular formula is C24H22N4O4. The molecule has 0 aliphatic carbocycles. The first-order valence-electron chi connectivity index (χ1n) is 10.3. The number of carbonyl (C=O) groups excluding carboxylic acids is 3. The standard InChI is InChI=1S/C24H22N4O4/c1-3-16-12-21(28(4-2)27-16)24(32)25-17-8-5-14(6-9-17)22(30)15-7-10-18-19(13-29)23(31)26-20(18)11-15/h5-13,26,31H,3-4H2,1-2H3,(H,25,32). The molecule has 2 heterocycles. The van der Waals surface area contributed by atoms with Crippen molar-refractivity contribution in [2.75, 3.05) is 5.32 Å². The summed E-state index contributed by atoms with van der Waals surface area (Å²) in [5.74, 6) is -0.709. The van der Waals surface area contributed by atoms with Crippen LogP contribution in [-0.2, 0) is 13.0 Å². The van der Waals surface area contributed by atoms with Crippen LogP contribution in [0.1, 0.15) is 56.3 Å². The number of aromatic nitrogens is 3. The number of anilines is 1. The zero-order chi connectivity index (χ0) is 22.8. The maximum atomic E-state index is 12.9. The third-order valence-corrected chi connectivity index (χ3v) is 5.33. The van der Waals surface area contributed by atoms with Crippen LogP contribution in [0.4, 0.5) is 5.69 Å². The highest BCUT2D eigenvalue weighted by Crippen LogP contribution is 2.27. The zero-order valence-corrected chi connectivity index (χ0v) is 17.7. The van der Waals surface area contributed by atoms with E-state index in [1.807, 2.05) is 13.8 Å². The summed E-state index contributed by atoms with van der Waals surface area (Å²) in [4.78, 5) is 39.4. The van der Waals surface area contributed by atoms with E-state index in [1.54, 1.807) is 53.2 Å². The fourth-order valence-electron chi connectivity index (χ4n) is 3.60. The smallest absolute Gasteiger partial charge is 0.273 e. The normalized spacial score (nSPS) is 10.9. The fraction of sp³-hybridized carbons (Fsp3) is 0.167. The Labute approximate surface area is 183 Å². The number of aldehydes is 1. The van der Waals surface area contributed by atoms with E-state index < -0.39 is 0 Å². The summed E-state index contributed by atoms with van der Waals surface area (Å²) in [6.07, 6.45) is 1.31. The van der Waals surface area contributed by atoms with Crippen LogP contribution in [-0.4, -0.2) is 37.8 Å². The molecule has 0 unspecified atom stereocenters.